The fourth-order valence-electron chi connectivity index (χ4n) is 4.76. The summed E-state index contributed by atoms with van der Waals surface area (Å²) < 4.78 is 7.52. The molecule has 9 nitrogen and oxygen atoms in total. The van der Waals surface area contributed by atoms with E-state index in [0.29, 0.717) is 22.7 Å². The first-order valence-electron chi connectivity index (χ1n) is 13.0. The first kappa shape index (κ1) is 26.6. The van der Waals surface area contributed by atoms with Crippen LogP contribution in [0.25, 0.3) is 5.69 Å². The molecule has 0 radical (unpaired) electrons. The summed E-state index contributed by atoms with van der Waals surface area (Å²) in [6, 6.07) is 23.1. The van der Waals surface area contributed by atoms with E-state index >= 15 is 0 Å². The molecule has 5 rings (SSSR count). The maximum atomic E-state index is 13.9. The van der Waals surface area contributed by atoms with Gasteiger partial charge in [0.2, 0.25) is 6.17 Å². The lowest BCUT2D eigenvalue weighted by Crippen LogP contribution is -2.42. The highest BCUT2D eigenvalue weighted by Crippen LogP contribution is 2.30. The van der Waals surface area contributed by atoms with Crippen LogP contribution in [0.4, 0.5) is 5.69 Å². The number of aryl methyl sites for hydroxylation is 1. The van der Waals surface area contributed by atoms with Gasteiger partial charge in [-0.25, -0.2) is 9.98 Å². The highest BCUT2D eigenvalue weighted by atomic mass is 16.5. The van der Waals surface area contributed by atoms with Gasteiger partial charge in [-0.15, -0.1) is 0 Å². The highest BCUT2D eigenvalue weighted by Gasteiger charge is 2.33. The van der Waals surface area contributed by atoms with Gasteiger partial charge in [0.25, 0.3) is 5.91 Å². The molecule has 1 amide bonds. The zero-order valence-corrected chi connectivity index (χ0v) is 22.9. The lowest BCUT2D eigenvalue weighted by Gasteiger charge is -2.28. The molecule has 1 unspecified atom stereocenters. The number of benzodiazepines with no additional fused rings is 1. The Morgan fingerprint density at radius 1 is 1.05 bits per heavy atom. The Morgan fingerprint density at radius 2 is 1.80 bits per heavy atom. The molecule has 0 saturated heterocycles. The first-order valence-corrected chi connectivity index (χ1v) is 13.0. The van der Waals surface area contributed by atoms with Crippen molar-refractivity contribution in [3.63, 3.8) is 0 Å². The molecule has 0 saturated carbocycles. The summed E-state index contributed by atoms with van der Waals surface area (Å²) in [5.74, 6) is 6.18. The number of benzene rings is 3. The molecular weight excluding hydrogens is 502 g/mol. The van der Waals surface area contributed by atoms with Gasteiger partial charge in [0.15, 0.2) is 0 Å². The fraction of sp³-hybridized carbons (Fsp3) is 0.194. The van der Waals surface area contributed by atoms with E-state index in [4.69, 9.17) is 15.6 Å². The van der Waals surface area contributed by atoms with E-state index in [2.05, 4.69) is 15.1 Å². The summed E-state index contributed by atoms with van der Waals surface area (Å²) in [5.41, 5.74) is 6.04. The Kier molecular flexibility index (Phi) is 7.54. The molecule has 202 valence electrons. The van der Waals surface area contributed by atoms with E-state index in [1.807, 2.05) is 104 Å². The monoisotopic (exact) mass is 533 g/mol. The number of carbonyl (C=O) groups is 1. The van der Waals surface area contributed by atoms with E-state index in [1.54, 1.807) is 18.3 Å². The largest absolute Gasteiger partial charge is 0.495 e. The third kappa shape index (κ3) is 5.13. The van der Waals surface area contributed by atoms with E-state index in [1.165, 1.54) is 6.21 Å². The molecule has 2 heterocycles. The number of nitrogens with two attached hydrogens (primary N) is 1. The Morgan fingerprint density at radius 3 is 2.48 bits per heavy atom. The Bertz CT molecular complexity index is 1620. The molecule has 0 bridgehead atoms. The smallest absolute Gasteiger partial charge is 0.274 e. The molecular formula is C31H31N7O2. The number of ether oxygens (including phenoxy) is 1. The topological polar surface area (TPSA) is 110 Å². The number of nitrogens with zero attached hydrogens (tertiary/aromatic N) is 6. The maximum absolute atomic E-state index is 13.9. The molecule has 1 aliphatic heterocycles. The lowest BCUT2D eigenvalue weighted by molar-refractivity contribution is -0.119. The number of rotatable bonds is 7. The van der Waals surface area contributed by atoms with Crippen LogP contribution in [-0.4, -0.2) is 52.4 Å². The van der Waals surface area contributed by atoms with Crippen LogP contribution >= 0.6 is 0 Å². The second-order valence-electron chi connectivity index (χ2n) is 9.64. The Hall–Kier alpha value is -5.05. The van der Waals surface area contributed by atoms with Gasteiger partial charge >= 0.3 is 0 Å². The van der Waals surface area contributed by atoms with Crippen molar-refractivity contribution in [2.45, 2.75) is 33.0 Å². The highest BCUT2D eigenvalue weighted by molar-refractivity contribution is 6.38. The molecule has 0 fully saturated rings. The average molecular weight is 534 g/mol. The SMILES string of the molecule is COc1cc(C(/C=N/C2N=C(c3ccccc3)c3ccccc3N(C(C)C)C2=O)=N/N)ccc1-n1cnc(C)c1. The van der Waals surface area contributed by atoms with Crippen molar-refractivity contribution >= 4 is 29.2 Å². The lowest BCUT2D eigenvalue weighted by atomic mass is 10.00. The van der Waals surface area contributed by atoms with Gasteiger partial charge in [-0.05, 0) is 39.0 Å². The number of imidazole rings is 1. The molecule has 40 heavy (non-hydrogen) atoms. The summed E-state index contributed by atoms with van der Waals surface area (Å²) in [4.78, 5) is 29.4. The number of hydrazone groups is 1. The van der Waals surface area contributed by atoms with Crippen molar-refractivity contribution in [3.8, 4) is 11.4 Å². The minimum absolute atomic E-state index is 0.108. The van der Waals surface area contributed by atoms with E-state index in [0.717, 1.165) is 28.2 Å². The normalized spacial score (nSPS) is 15.8. The molecule has 0 spiro atoms. The number of hydrogen-bond donors (Lipinski definition) is 1. The number of fused-ring (bicyclic) bond motifs is 1. The van der Waals surface area contributed by atoms with Crippen LogP contribution in [0.1, 0.15) is 36.2 Å². The Labute approximate surface area is 233 Å². The molecule has 4 aromatic rings. The zero-order valence-electron chi connectivity index (χ0n) is 22.9. The van der Waals surface area contributed by atoms with E-state index in [9.17, 15) is 4.79 Å². The van der Waals surface area contributed by atoms with Crippen molar-refractivity contribution in [1.82, 2.24) is 9.55 Å². The molecule has 1 aliphatic rings. The third-order valence-electron chi connectivity index (χ3n) is 6.63. The quantitative estimate of drug-likeness (QED) is 0.214. The molecule has 1 aromatic heterocycles. The van der Waals surface area contributed by atoms with E-state index < -0.39 is 6.17 Å². The van der Waals surface area contributed by atoms with Crippen molar-refractivity contribution < 1.29 is 9.53 Å². The minimum Gasteiger partial charge on any atom is -0.495 e. The van der Waals surface area contributed by atoms with Crippen LogP contribution in [0.5, 0.6) is 5.75 Å². The van der Waals surface area contributed by atoms with Crippen LogP contribution in [0.15, 0.2) is 100 Å². The number of hydrogen-bond acceptors (Lipinski definition) is 7. The molecule has 2 N–H and O–H groups in total. The second-order valence-corrected chi connectivity index (χ2v) is 9.64. The summed E-state index contributed by atoms with van der Waals surface area (Å²) >= 11 is 0. The van der Waals surface area contributed by atoms with Crippen molar-refractivity contribution in [3.05, 3.63) is 108 Å². The first-order chi connectivity index (χ1) is 19.4. The van der Waals surface area contributed by atoms with Gasteiger partial charge in [-0.3, -0.25) is 9.79 Å². The maximum Gasteiger partial charge on any atom is 0.274 e. The Balaban J connectivity index is 1.55. The predicted octanol–water partition coefficient (Wildman–Crippen LogP) is 4.54. The summed E-state index contributed by atoms with van der Waals surface area (Å²) in [6.45, 7) is 5.88. The van der Waals surface area contributed by atoms with Crippen LogP contribution in [0, 0.1) is 6.92 Å². The third-order valence-corrected chi connectivity index (χ3v) is 6.63. The van der Waals surface area contributed by atoms with Gasteiger partial charge in [0, 0.05) is 28.9 Å². The zero-order chi connectivity index (χ0) is 28.2. The second kappa shape index (κ2) is 11.4. The molecule has 9 heteroatoms. The van der Waals surface area contributed by atoms with Gasteiger partial charge in [-0.2, -0.15) is 5.10 Å². The van der Waals surface area contributed by atoms with Gasteiger partial charge < -0.3 is 20.0 Å². The van der Waals surface area contributed by atoms with Crippen LogP contribution in [-0.2, 0) is 4.79 Å². The summed E-state index contributed by atoms with van der Waals surface area (Å²) in [5, 5.41) is 3.96. The van der Waals surface area contributed by atoms with Crippen LogP contribution < -0.4 is 15.5 Å². The molecule has 1 atom stereocenters. The molecule has 0 aliphatic carbocycles. The number of para-hydroxylation sites is 1. The van der Waals surface area contributed by atoms with Gasteiger partial charge in [0.1, 0.15) is 11.5 Å². The number of methoxy groups -OCH3 is 1. The average Bonchev–Trinajstić information content (AvgIpc) is 3.36. The van der Waals surface area contributed by atoms with Crippen molar-refractivity contribution in [2.75, 3.05) is 12.0 Å². The number of aromatic nitrogens is 2. The number of anilines is 1. The molecule has 3 aromatic carbocycles. The van der Waals surface area contributed by atoms with Crippen molar-refractivity contribution in [1.29, 1.82) is 0 Å². The number of carbonyl (C=O) groups excluding carboxylic acids is 1. The van der Waals surface area contributed by atoms with Crippen molar-refractivity contribution in [2.24, 2.45) is 20.9 Å². The fourth-order valence-corrected chi connectivity index (χ4v) is 4.76. The predicted molar refractivity (Wildman–Crippen MR) is 159 cm³/mol. The van der Waals surface area contributed by atoms with Crippen LogP contribution in [0.2, 0.25) is 0 Å². The standard InChI is InChI=1S/C31H31N7O2/c1-20(2)38-26-13-9-8-12-24(26)29(22-10-6-5-7-11-22)35-30(31(38)39)33-17-25(36-32)23-14-15-27(28(16-23)40-4)37-18-21(3)34-19-37/h5-20,30H,32H2,1-4H3/b33-17+,36-25+. The van der Waals surface area contributed by atoms with E-state index in [-0.39, 0.29) is 11.9 Å². The minimum atomic E-state index is -1.03. The van der Waals surface area contributed by atoms with Crippen LogP contribution in [0.3, 0.4) is 0 Å². The summed E-state index contributed by atoms with van der Waals surface area (Å²) in [7, 11) is 1.60. The summed E-state index contributed by atoms with van der Waals surface area (Å²) in [6.07, 6.45) is 4.11. The van der Waals surface area contributed by atoms with Gasteiger partial charge in [-0.1, -0.05) is 54.6 Å². The van der Waals surface area contributed by atoms with Gasteiger partial charge in [0.05, 0.1) is 42.4 Å². The number of amides is 1. The number of aliphatic imine (C=N–C) groups is 2.